The zero-order valence-corrected chi connectivity index (χ0v) is 16.2. The largest absolute Gasteiger partial charge is 0.423 e. The number of hydrogen-bond donors (Lipinski definition) is 0. The topological polar surface area (TPSA) is 47.1 Å². The SMILES string of the molecule is Cn1ccc2cc(-c3ccc4oc(N5CCc6cccnc6C5)nc4c3)ccc21. The first-order chi connectivity index (χ1) is 14.2. The molecule has 0 atom stereocenters. The highest BCUT2D eigenvalue weighted by Gasteiger charge is 2.21. The fourth-order valence-corrected chi connectivity index (χ4v) is 4.21. The maximum absolute atomic E-state index is 6.07. The number of oxazole rings is 1. The van der Waals surface area contributed by atoms with E-state index >= 15 is 0 Å². The van der Waals surface area contributed by atoms with E-state index in [4.69, 9.17) is 9.40 Å². The molecule has 5 nitrogen and oxygen atoms in total. The van der Waals surface area contributed by atoms with Gasteiger partial charge in [-0.1, -0.05) is 18.2 Å². The summed E-state index contributed by atoms with van der Waals surface area (Å²) in [7, 11) is 2.07. The third-order valence-electron chi connectivity index (χ3n) is 5.84. The Kier molecular flexibility index (Phi) is 3.50. The van der Waals surface area contributed by atoms with Crippen LogP contribution in [0.25, 0.3) is 33.1 Å². The lowest BCUT2D eigenvalue weighted by molar-refractivity contribution is 0.551. The number of aryl methyl sites for hydroxylation is 1. The summed E-state index contributed by atoms with van der Waals surface area (Å²) in [5, 5.41) is 1.24. The van der Waals surface area contributed by atoms with Crippen LogP contribution in [0, 0.1) is 0 Å². The van der Waals surface area contributed by atoms with Crippen molar-refractivity contribution in [3.8, 4) is 11.1 Å². The van der Waals surface area contributed by atoms with Crippen molar-refractivity contribution in [1.82, 2.24) is 14.5 Å². The Hall–Kier alpha value is -3.60. The van der Waals surface area contributed by atoms with E-state index in [9.17, 15) is 0 Å². The molecule has 0 bridgehead atoms. The molecule has 2 aromatic carbocycles. The minimum atomic E-state index is 0.673. The van der Waals surface area contributed by atoms with Crippen LogP contribution in [0.3, 0.4) is 0 Å². The van der Waals surface area contributed by atoms with Gasteiger partial charge in [-0.2, -0.15) is 4.98 Å². The Labute approximate surface area is 168 Å². The van der Waals surface area contributed by atoms with Crippen LogP contribution < -0.4 is 4.90 Å². The van der Waals surface area contributed by atoms with Crippen molar-refractivity contribution >= 4 is 28.0 Å². The number of nitrogens with zero attached hydrogens (tertiary/aromatic N) is 4. The molecule has 1 aliphatic heterocycles. The van der Waals surface area contributed by atoms with Gasteiger partial charge in [-0.05, 0) is 59.5 Å². The van der Waals surface area contributed by atoms with E-state index in [1.165, 1.54) is 22.0 Å². The normalized spacial score (nSPS) is 13.9. The van der Waals surface area contributed by atoms with Gasteiger partial charge in [0.2, 0.25) is 0 Å². The van der Waals surface area contributed by atoms with Gasteiger partial charge in [0.05, 0.1) is 12.2 Å². The molecule has 0 unspecified atom stereocenters. The van der Waals surface area contributed by atoms with E-state index in [1.807, 2.05) is 18.3 Å². The summed E-state index contributed by atoms with van der Waals surface area (Å²) in [6.07, 6.45) is 4.90. The fraction of sp³-hybridized carbons (Fsp3) is 0.167. The number of hydrogen-bond acceptors (Lipinski definition) is 4. The molecule has 6 rings (SSSR count). The van der Waals surface area contributed by atoms with Crippen LogP contribution in [-0.2, 0) is 20.0 Å². The second kappa shape index (κ2) is 6.21. The lowest BCUT2D eigenvalue weighted by Gasteiger charge is -2.26. The summed E-state index contributed by atoms with van der Waals surface area (Å²) >= 11 is 0. The summed E-state index contributed by atoms with van der Waals surface area (Å²) in [5.41, 5.74) is 7.70. The Morgan fingerprint density at radius 2 is 1.90 bits per heavy atom. The number of fused-ring (bicyclic) bond motifs is 3. The molecule has 3 aromatic heterocycles. The van der Waals surface area contributed by atoms with Crippen molar-refractivity contribution in [2.75, 3.05) is 11.4 Å². The monoisotopic (exact) mass is 380 g/mol. The molecule has 4 heterocycles. The smallest absolute Gasteiger partial charge is 0.298 e. The Bertz CT molecular complexity index is 1360. The molecule has 29 heavy (non-hydrogen) atoms. The highest BCUT2D eigenvalue weighted by molar-refractivity contribution is 5.88. The molecule has 0 saturated carbocycles. The molecule has 0 saturated heterocycles. The highest BCUT2D eigenvalue weighted by Crippen LogP contribution is 2.31. The van der Waals surface area contributed by atoms with Crippen molar-refractivity contribution in [2.45, 2.75) is 13.0 Å². The summed E-state index contributed by atoms with van der Waals surface area (Å²) in [4.78, 5) is 11.5. The first-order valence-electron chi connectivity index (χ1n) is 9.88. The molecule has 0 aliphatic carbocycles. The maximum atomic E-state index is 6.07. The van der Waals surface area contributed by atoms with E-state index in [2.05, 4.69) is 70.2 Å². The minimum Gasteiger partial charge on any atom is -0.423 e. The Morgan fingerprint density at radius 3 is 2.86 bits per heavy atom. The second-order valence-corrected chi connectivity index (χ2v) is 7.66. The van der Waals surface area contributed by atoms with Crippen LogP contribution in [0.4, 0.5) is 6.01 Å². The lowest BCUT2D eigenvalue weighted by atomic mass is 10.0. The van der Waals surface area contributed by atoms with Gasteiger partial charge in [0.15, 0.2) is 5.58 Å². The summed E-state index contributed by atoms with van der Waals surface area (Å²) in [5.74, 6) is 0. The van der Waals surface area contributed by atoms with E-state index in [0.29, 0.717) is 6.01 Å². The average molecular weight is 380 g/mol. The van der Waals surface area contributed by atoms with Gasteiger partial charge in [0, 0.05) is 36.9 Å². The zero-order valence-electron chi connectivity index (χ0n) is 16.2. The molecule has 0 amide bonds. The summed E-state index contributed by atoms with van der Waals surface area (Å²) < 4.78 is 8.21. The first-order valence-corrected chi connectivity index (χ1v) is 9.88. The molecular formula is C24H20N4O. The molecule has 5 aromatic rings. The maximum Gasteiger partial charge on any atom is 0.298 e. The quantitative estimate of drug-likeness (QED) is 0.435. The van der Waals surface area contributed by atoms with E-state index < -0.39 is 0 Å². The van der Waals surface area contributed by atoms with E-state index in [1.54, 1.807) is 0 Å². The van der Waals surface area contributed by atoms with Gasteiger partial charge < -0.3 is 13.9 Å². The van der Waals surface area contributed by atoms with Crippen LogP contribution in [0.2, 0.25) is 0 Å². The summed E-state index contributed by atoms with van der Waals surface area (Å²) in [6, 6.07) is 19.8. The van der Waals surface area contributed by atoms with Crippen LogP contribution >= 0.6 is 0 Å². The van der Waals surface area contributed by atoms with Gasteiger partial charge in [-0.25, -0.2) is 0 Å². The molecule has 0 fully saturated rings. The first kappa shape index (κ1) is 16.4. The molecule has 5 heteroatoms. The number of benzene rings is 2. The van der Waals surface area contributed by atoms with Gasteiger partial charge in [0.1, 0.15) is 5.52 Å². The lowest BCUT2D eigenvalue weighted by Crippen LogP contribution is -2.31. The van der Waals surface area contributed by atoms with Crippen molar-refractivity contribution in [3.63, 3.8) is 0 Å². The van der Waals surface area contributed by atoms with Gasteiger partial charge in [-0.3, -0.25) is 4.98 Å². The van der Waals surface area contributed by atoms with Crippen molar-refractivity contribution in [1.29, 1.82) is 0 Å². The summed E-state index contributed by atoms with van der Waals surface area (Å²) in [6.45, 7) is 1.63. The van der Waals surface area contributed by atoms with Crippen LogP contribution in [0.1, 0.15) is 11.3 Å². The van der Waals surface area contributed by atoms with Gasteiger partial charge >= 0.3 is 0 Å². The van der Waals surface area contributed by atoms with Crippen molar-refractivity contribution < 1.29 is 4.42 Å². The van der Waals surface area contributed by atoms with Gasteiger partial charge in [0.25, 0.3) is 6.01 Å². The Morgan fingerprint density at radius 1 is 1.00 bits per heavy atom. The van der Waals surface area contributed by atoms with Crippen LogP contribution in [0.5, 0.6) is 0 Å². The Balaban J connectivity index is 1.35. The standard InChI is InChI=1S/C24H20N4O/c1-27-11-8-19-13-17(4-6-22(19)27)18-5-7-23-20(14-18)26-24(29-23)28-12-9-16-3-2-10-25-21(16)15-28/h2-8,10-11,13-14H,9,12,15H2,1H3. The molecular weight excluding hydrogens is 360 g/mol. The van der Waals surface area contributed by atoms with Crippen molar-refractivity contribution in [3.05, 3.63) is 78.2 Å². The zero-order chi connectivity index (χ0) is 19.4. The highest BCUT2D eigenvalue weighted by atomic mass is 16.4. The van der Waals surface area contributed by atoms with Crippen LogP contribution in [0.15, 0.2) is 71.4 Å². The van der Waals surface area contributed by atoms with Gasteiger partial charge in [-0.15, -0.1) is 0 Å². The predicted molar refractivity (Wildman–Crippen MR) is 115 cm³/mol. The third kappa shape index (κ3) is 2.70. The molecule has 0 radical (unpaired) electrons. The third-order valence-corrected chi connectivity index (χ3v) is 5.84. The number of anilines is 1. The fourth-order valence-electron chi connectivity index (χ4n) is 4.21. The molecule has 0 N–H and O–H groups in total. The van der Waals surface area contributed by atoms with Crippen LogP contribution in [-0.4, -0.2) is 21.1 Å². The number of pyridine rings is 1. The molecule has 1 aliphatic rings. The van der Waals surface area contributed by atoms with Crippen molar-refractivity contribution in [2.24, 2.45) is 7.05 Å². The number of rotatable bonds is 2. The second-order valence-electron chi connectivity index (χ2n) is 7.66. The minimum absolute atomic E-state index is 0.673. The van der Waals surface area contributed by atoms with E-state index in [0.717, 1.165) is 41.9 Å². The molecule has 0 spiro atoms. The van der Waals surface area contributed by atoms with E-state index in [-0.39, 0.29) is 0 Å². The average Bonchev–Trinajstić information content (AvgIpc) is 3.36. The number of aromatic nitrogens is 3. The predicted octanol–water partition coefficient (Wildman–Crippen LogP) is 4.94. The molecule has 142 valence electrons.